The number of aliphatic carboxylic acids is 1. The Balaban J connectivity index is 1.90. The largest absolute Gasteiger partial charge is 0.481 e. The maximum absolute atomic E-state index is 12.2. The molecule has 1 aromatic carbocycles. The van der Waals surface area contributed by atoms with Crippen LogP contribution in [-0.2, 0) is 14.4 Å². The monoisotopic (exact) mass is 395 g/mol. The molecule has 0 radical (unpaired) electrons. The third-order valence-corrected chi connectivity index (χ3v) is 4.81. The predicted molar refractivity (Wildman–Crippen MR) is 103 cm³/mol. The van der Waals surface area contributed by atoms with E-state index in [1.165, 1.54) is 0 Å². The summed E-state index contributed by atoms with van der Waals surface area (Å²) in [6.07, 6.45) is 2.41. The molecule has 4 N–H and O–H groups in total. The Morgan fingerprint density at radius 1 is 1.22 bits per heavy atom. The molecule has 2 rings (SSSR count). The second kappa shape index (κ2) is 10.9. The van der Waals surface area contributed by atoms with Crippen molar-refractivity contribution < 1.29 is 19.5 Å². The number of carbonyl (C=O) groups is 3. The van der Waals surface area contributed by atoms with Gasteiger partial charge < -0.3 is 21.1 Å². The number of hydrogen-bond acceptors (Lipinski definition) is 4. The number of carbonyl (C=O) groups excluding carboxylic acids is 2. The minimum atomic E-state index is -0.883. The Labute approximate surface area is 163 Å². The number of benzene rings is 1. The number of amides is 2. The molecule has 1 aliphatic heterocycles. The van der Waals surface area contributed by atoms with Gasteiger partial charge in [0.1, 0.15) is 0 Å². The third kappa shape index (κ3) is 7.56. The van der Waals surface area contributed by atoms with Crippen molar-refractivity contribution in [2.24, 2.45) is 0 Å². The summed E-state index contributed by atoms with van der Waals surface area (Å²) in [6, 6.07) is 7.06. The first kappa shape index (κ1) is 21.2. The molecule has 2 atom stereocenters. The number of rotatable bonds is 10. The number of carboxylic acid groups (broad SMARTS) is 1. The van der Waals surface area contributed by atoms with Gasteiger partial charge in [0.2, 0.25) is 11.8 Å². The SMILES string of the molecule is O=C(O)CCCNC(=O)CC(CNC(=O)[C@@H]1CCCN1)c1ccc(Cl)cc1. The molecule has 148 valence electrons. The van der Waals surface area contributed by atoms with Crippen LogP contribution in [0.5, 0.6) is 0 Å². The zero-order valence-electron chi connectivity index (χ0n) is 15.2. The molecule has 1 fully saturated rings. The van der Waals surface area contributed by atoms with Crippen molar-refractivity contribution >= 4 is 29.4 Å². The van der Waals surface area contributed by atoms with Crippen molar-refractivity contribution in [2.75, 3.05) is 19.6 Å². The van der Waals surface area contributed by atoms with Gasteiger partial charge in [0.05, 0.1) is 6.04 Å². The van der Waals surface area contributed by atoms with Gasteiger partial charge in [-0.25, -0.2) is 0 Å². The van der Waals surface area contributed by atoms with Crippen LogP contribution in [0, 0.1) is 0 Å². The lowest BCUT2D eigenvalue weighted by Crippen LogP contribution is -2.42. The first-order valence-corrected chi connectivity index (χ1v) is 9.58. The van der Waals surface area contributed by atoms with Crippen LogP contribution in [0.25, 0.3) is 0 Å². The van der Waals surface area contributed by atoms with E-state index in [1.807, 2.05) is 12.1 Å². The van der Waals surface area contributed by atoms with Gasteiger partial charge in [-0.3, -0.25) is 14.4 Å². The average molecular weight is 396 g/mol. The highest BCUT2D eigenvalue weighted by Crippen LogP contribution is 2.21. The molecule has 0 aromatic heterocycles. The smallest absolute Gasteiger partial charge is 0.303 e. The number of carboxylic acids is 1. The molecule has 7 nitrogen and oxygen atoms in total. The zero-order chi connectivity index (χ0) is 19.6. The molecule has 0 spiro atoms. The van der Waals surface area contributed by atoms with Gasteiger partial charge in [-0.05, 0) is 43.5 Å². The number of halogens is 1. The van der Waals surface area contributed by atoms with Crippen LogP contribution < -0.4 is 16.0 Å². The van der Waals surface area contributed by atoms with Crippen LogP contribution in [0.2, 0.25) is 5.02 Å². The second-order valence-electron chi connectivity index (χ2n) is 6.69. The lowest BCUT2D eigenvalue weighted by molar-refractivity contribution is -0.137. The normalized spacial score (nSPS) is 17.3. The predicted octanol–water partition coefficient (Wildman–Crippen LogP) is 1.66. The van der Waals surface area contributed by atoms with E-state index < -0.39 is 5.97 Å². The Bertz CT molecular complexity index is 645. The Morgan fingerprint density at radius 3 is 2.59 bits per heavy atom. The van der Waals surface area contributed by atoms with E-state index in [1.54, 1.807) is 12.1 Å². The number of hydrogen-bond donors (Lipinski definition) is 4. The summed E-state index contributed by atoms with van der Waals surface area (Å²) in [5, 5.41) is 18.1. The Hall–Kier alpha value is -2.12. The quantitative estimate of drug-likeness (QED) is 0.451. The summed E-state index contributed by atoms with van der Waals surface area (Å²) in [5.41, 5.74) is 0.916. The maximum atomic E-state index is 12.2. The highest BCUT2D eigenvalue weighted by Gasteiger charge is 2.23. The van der Waals surface area contributed by atoms with E-state index in [0.29, 0.717) is 24.5 Å². The first-order valence-electron chi connectivity index (χ1n) is 9.20. The fourth-order valence-corrected chi connectivity index (χ4v) is 3.19. The zero-order valence-corrected chi connectivity index (χ0v) is 15.9. The van der Waals surface area contributed by atoms with E-state index in [-0.39, 0.29) is 36.6 Å². The summed E-state index contributed by atoms with van der Waals surface area (Å²) in [6.45, 7) is 1.51. The summed E-state index contributed by atoms with van der Waals surface area (Å²) < 4.78 is 0. The van der Waals surface area contributed by atoms with Gasteiger partial charge in [-0.1, -0.05) is 23.7 Å². The van der Waals surface area contributed by atoms with E-state index in [9.17, 15) is 14.4 Å². The highest BCUT2D eigenvalue weighted by molar-refractivity contribution is 6.30. The molecule has 0 saturated carbocycles. The molecule has 1 saturated heterocycles. The van der Waals surface area contributed by atoms with Crippen LogP contribution >= 0.6 is 11.6 Å². The van der Waals surface area contributed by atoms with Crippen molar-refractivity contribution in [3.8, 4) is 0 Å². The highest BCUT2D eigenvalue weighted by atomic mass is 35.5. The lowest BCUT2D eigenvalue weighted by Gasteiger charge is -2.19. The molecular weight excluding hydrogens is 370 g/mol. The van der Waals surface area contributed by atoms with Crippen molar-refractivity contribution in [3.63, 3.8) is 0 Å². The summed E-state index contributed by atoms with van der Waals surface area (Å²) in [5.74, 6) is -1.29. The van der Waals surface area contributed by atoms with E-state index in [0.717, 1.165) is 24.9 Å². The van der Waals surface area contributed by atoms with Crippen LogP contribution in [0.1, 0.15) is 43.6 Å². The molecule has 8 heteroatoms. The Kier molecular flexibility index (Phi) is 8.54. The Morgan fingerprint density at radius 2 is 1.96 bits per heavy atom. The molecule has 1 heterocycles. The van der Waals surface area contributed by atoms with E-state index in [4.69, 9.17) is 16.7 Å². The van der Waals surface area contributed by atoms with E-state index >= 15 is 0 Å². The summed E-state index contributed by atoms with van der Waals surface area (Å²) >= 11 is 5.94. The molecule has 1 unspecified atom stereocenters. The molecular formula is C19H26ClN3O4. The third-order valence-electron chi connectivity index (χ3n) is 4.56. The number of nitrogens with one attached hydrogen (secondary N) is 3. The fraction of sp³-hybridized carbons (Fsp3) is 0.526. The first-order chi connectivity index (χ1) is 13.0. The van der Waals surface area contributed by atoms with Crippen molar-refractivity contribution in [1.29, 1.82) is 0 Å². The van der Waals surface area contributed by atoms with Crippen molar-refractivity contribution in [1.82, 2.24) is 16.0 Å². The molecule has 1 aromatic rings. The fourth-order valence-electron chi connectivity index (χ4n) is 3.06. The summed E-state index contributed by atoms with van der Waals surface area (Å²) in [4.78, 5) is 35.0. The van der Waals surface area contributed by atoms with Crippen LogP contribution in [0.15, 0.2) is 24.3 Å². The van der Waals surface area contributed by atoms with Crippen LogP contribution in [-0.4, -0.2) is 48.6 Å². The van der Waals surface area contributed by atoms with E-state index in [2.05, 4.69) is 16.0 Å². The molecule has 0 aliphatic carbocycles. The minimum Gasteiger partial charge on any atom is -0.481 e. The topological polar surface area (TPSA) is 108 Å². The van der Waals surface area contributed by atoms with Gasteiger partial charge >= 0.3 is 5.97 Å². The average Bonchev–Trinajstić information content (AvgIpc) is 3.17. The second-order valence-corrected chi connectivity index (χ2v) is 7.13. The molecule has 0 bridgehead atoms. The molecule has 2 amide bonds. The minimum absolute atomic E-state index is 0.0192. The standard InChI is InChI=1S/C19H26ClN3O4/c20-15-7-5-13(6-8-15)14(11-17(24)22-10-2-4-18(25)26)12-23-19(27)16-3-1-9-21-16/h5-8,14,16,21H,1-4,9-12H2,(H,22,24)(H,23,27)(H,25,26)/t14?,16-/m0/s1. The maximum Gasteiger partial charge on any atom is 0.303 e. The molecule has 27 heavy (non-hydrogen) atoms. The van der Waals surface area contributed by atoms with Crippen molar-refractivity contribution in [2.45, 2.75) is 44.1 Å². The van der Waals surface area contributed by atoms with Gasteiger partial charge in [0.15, 0.2) is 0 Å². The van der Waals surface area contributed by atoms with Crippen molar-refractivity contribution in [3.05, 3.63) is 34.9 Å². The van der Waals surface area contributed by atoms with Gasteiger partial charge in [0.25, 0.3) is 0 Å². The summed E-state index contributed by atoms with van der Waals surface area (Å²) in [7, 11) is 0. The van der Waals surface area contributed by atoms with Crippen LogP contribution in [0.4, 0.5) is 0 Å². The van der Waals surface area contributed by atoms with Gasteiger partial charge in [-0.15, -0.1) is 0 Å². The van der Waals surface area contributed by atoms with Crippen LogP contribution in [0.3, 0.4) is 0 Å². The van der Waals surface area contributed by atoms with Gasteiger partial charge in [-0.2, -0.15) is 0 Å². The van der Waals surface area contributed by atoms with Gasteiger partial charge in [0, 0.05) is 36.9 Å². The lowest BCUT2D eigenvalue weighted by atomic mass is 9.95. The molecule has 1 aliphatic rings.